The molecule has 2 aromatic rings. The highest BCUT2D eigenvalue weighted by Crippen LogP contribution is 2.33. The first kappa shape index (κ1) is 16.2. The van der Waals surface area contributed by atoms with Crippen molar-refractivity contribution in [1.29, 1.82) is 0 Å². The van der Waals surface area contributed by atoms with Crippen LogP contribution in [-0.4, -0.2) is 59.8 Å². The Morgan fingerprint density at radius 2 is 2.04 bits per heavy atom. The van der Waals surface area contributed by atoms with Crippen LogP contribution in [0.5, 0.6) is 0 Å². The number of rotatable bonds is 4. The molecule has 1 saturated heterocycles. The van der Waals surface area contributed by atoms with E-state index in [-0.39, 0.29) is 17.0 Å². The first-order chi connectivity index (χ1) is 10.8. The second-order valence-electron chi connectivity index (χ2n) is 4.88. The molecule has 0 saturated carbocycles. The lowest BCUT2D eigenvalue weighted by atomic mass is 10.1. The zero-order chi connectivity index (χ0) is 16.8. The van der Waals surface area contributed by atoms with E-state index in [1.165, 1.54) is 10.9 Å². The van der Waals surface area contributed by atoms with E-state index >= 15 is 0 Å². The van der Waals surface area contributed by atoms with Crippen molar-refractivity contribution in [3.05, 3.63) is 12.7 Å². The van der Waals surface area contributed by atoms with Gasteiger partial charge in [-0.2, -0.15) is 0 Å². The van der Waals surface area contributed by atoms with Crippen molar-refractivity contribution in [1.82, 2.24) is 19.5 Å². The Hall–Kier alpha value is -1.66. The molecule has 1 aliphatic heterocycles. The van der Waals surface area contributed by atoms with Gasteiger partial charge in [0, 0.05) is 7.75 Å². The van der Waals surface area contributed by atoms with E-state index in [2.05, 4.69) is 15.0 Å². The van der Waals surface area contributed by atoms with Crippen LogP contribution in [0.25, 0.3) is 11.2 Å². The molecular weight excluding hydrogens is 333 g/mol. The topological polar surface area (TPSA) is 189 Å². The Balaban J connectivity index is 2.01. The summed E-state index contributed by atoms with van der Waals surface area (Å²) in [5, 5.41) is 30.6. The predicted molar refractivity (Wildman–Crippen MR) is 69.6 cm³/mol. The van der Waals surface area contributed by atoms with Gasteiger partial charge in [-0.15, -0.1) is 0 Å². The molecule has 3 heterocycles. The zero-order valence-electron chi connectivity index (χ0n) is 11.4. The van der Waals surface area contributed by atoms with E-state index in [4.69, 9.17) is 9.84 Å². The van der Waals surface area contributed by atoms with Crippen molar-refractivity contribution in [3.63, 3.8) is 0 Å². The minimum absolute atomic E-state index is 0.0304. The molecular formula is C10H12N5O7P-2. The fourth-order valence-corrected chi connectivity index (χ4v) is 2.78. The number of fused-ring (bicyclic) bond motifs is 1. The van der Waals surface area contributed by atoms with Crippen LogP contribution in [-0.2, 0) is 9.30 Å². The van der Waals surface area contributed by atoms with E-state index < -0.39 is 38.9 Å². The fraction of sp³-hybridized carbons (Fsp3) is 0.500. The second-order valence-corrected chi connectivity index (χ2v) is 6.10. The van der Waals surface area contributed by atoms with Gasteiger partial charge in [0.2, 0.25) is 0 Å². The molecule has 0 bridgehead atoms. The Morgan fingerprint density at radius 1 is 1.30 bits per heavy atom. The van der Waals surface area contributed by atoms with Crippen LogP contribution in [0.2, 0.25) is 0 Å². The third-order valence-corrected chi connectivity index (χ3v) is 3.88. The van der Waals surface area contributed by atoms with E-state index in [1.54, 1.807) is 5.09 Å². The van der Waals surface area contributed by atoms with Crippen LogP contribution in [0.4, 0.5) is 5.82 Å². The number of aliphatic hydroxyl groups excluding tert-OH is 3. The maximum absolute atomic E-state index is 10.8. The summed E-state index contributed by atoms with van der Waals surface area (Å²) in [6, 6.07) is 0. The van der Waals surface area contributed by atoms with Crippen LogP contribution < -0.4 is 14.9 Å². The van der Waals surface area contributed by atoms with Crippen LogP contribution in [0.3, 0.4) is 0 Å². The normalized spacial score (nSPS) is 28.4. The van der Waals surface area contributed by atoms with Crippen molar-refractivity contribution in [2.75, 3.05) is 11.7 Å². The molecule has 4 atom stereocenters. The third kappa shape index (κ3) is 2.93. The zero-order valence-corrected chi connectivity index (χ0v) is 12.3. The minimum atomic E-state index is -5.09. The molecule has 4 N–H and O–H groups in total. The van der Waals surface area contributed by atoms with Gasteiger partial charge < -0.3 is 39.5 Å². The fourth-order valence-electron chi connectivity index (χ4n) is 2.36. The minimum Gasteiger partial charge on any atom is -0.795 e. The standard InChI is InChI=1S/C10H14N5O7P/c16-1-4-6(17)7(18)10(22-4)15-3-13-5-8(14-23(19,20)21)11-2-12-9(5)15/h2-4,6-7,10,16-18H,1H2,(H3,11,12,14,19,20,21)/p-2/t4-,6-,7-,10-/m1/s1. The van der Waals surface area contributed by atoms with Crippen molar-refractivity contribution in [2.24, 2.45) is 0 Å². The lowest BCUT2D eigenvalue weighted by Gasteiger charge is -2.30. The summed E-state index contributed by atoms with van der Waals surface area (Å²) in [6.07, 6.45) is -2.58. The Morgan fingerprint density at radius 3 is 2.65 bits per heavy atom. The molecule has 0 radical (unpaired) electrons. The molecule has 0 spiro atoms. The maximum atomic E-state index is 10.8. The van der Waals surface area contributed by atoms with Gasteiger partial charge in [-0.3, -0.25) is 4.57 Å². The predicted octanol–water partition coefficient (Wildman–Crippen LogP) is -3.32. The van der Waals surface area contributed by atoms with Gasteiger partial charge in [-0.1, -0.05) is 0 Å². The number of aromatic nitrogens is 4. The second kappa shape index (κ2) is 5.76. The molecule has 3 rings (SSSR count). The van der Waals surface area contributed by atoms with Crippen molar-refractivity contribution in [2.45, 2.75) is 24.5 Å². The number of imidazole rings is 1. The van der Waals surface area contributed by atoms with E-state index in [9.17, 15) is 24.6 Å². The quantitative estimate of drug-likeness (QED) is 0.406. The SMILES string of the molecule is O=P([O-])([O-])Nc1ncnc2c1ncn2[C@@H]1O[C@H](CO)[C@@H](O)[C@H]1O. The van der Waals surface area contributed by atoms with Crippen molar-refractivity contribution >= 4 is 24.7 Å². The molecule has 1 fully saturated rings. The monoisotopic (exact) mass is 345 g/mol. The van der Waals surface area contributed by atoms with Gasteiger partial charge in [-0.25, -0.2) is 15.0 Å². The molecule has 0 unspecified atom stereocenters. The van der Waals surface area contributed by atoms with Gasteiger partial charge in [0.05, 0.1) is 12.9 Å². The highest BCUT2D eigenvalue weighted by Gasteiger charge is 2.44. The first-order valence-electron chi connectivity index (χ1n) is 6.42. The van der Waals surface area contributed by atoms with Gasteiger partial charge in [0.25, 0.3) is 0 Å². The van der Waals surface area contributed by atoms with Crippen LogP contribution in [0.1, 0.15) is 6.23 Å². The summed E-state index contributed by atoms with van der Waals surface area (Å²) < 4.78 is 17.4. The van der Waals surface area contributed by atoms with Crippen molar-refractivity contribution < 1.29 is 34.4 Å². The molecule has 13 heteroatoms. The van der Waals surface area contributed by atoms with E-state index in [0.717, 1.165) is 6.33 Å². The number of nitrogens with one attached hydrogen (secondary N) is 1. The summed E-state index contributed by atoms with van der Waals surface area (Å²) >= 11 is 0. The third-order valence-electron chi connectivity index (χ3n) is 3.39. The molecule has 23 heavy (non-hydrogen) atoms. The lowest BCUT2D eigenvalue weighted by Crippen LogP contribution is -2.33. The summed E-state index contributed by atoms with van der Waals surface area (Å²) in [6.45, 7) is -0.501. The molecule has 1 aliphatic rings. The van der Waals surface area contributed by atoms with Crippen LogP contribution in [0, 0.1) is 0 Å². The molecule has 12 nitrogen and oxygen atoms in total. The Labute approximate surface area is 128 Å². The molecule has 0 aliphatic carbocycles. The largest absolute Gasteiger partial charge is 0.795 e. The number of aliphatic hydroxyl groups is 3. The highest BCUT2D eigenvalue weighted by atomic mass is 31.2. The molecule has 0 amide bonds. The van der Waals surface area contributed by atoms with E-state index in [1.807, 2.05) is 0 Å². The lowest BCUT2D eigenvalue weighted by molar-refractivity contribution is -0.311. The van der Waals surface area contributed by atoms with E-state index in [0.29, 0.717) is 0 Å². The van der Waals surface area contributed by atoms with Crippen LogP contribution in [0.15, 0.2) is 12.7 Å². The average Bonchev–Trinajstić information content (AvgIpc) is 3.01. The van der Waals surface area contributed by atoms with Gasteiger partial charge >= 0.3 is 0 Å². The number of ether oxygens (including phenoxy) is 1. The molecule has 126 valence electrons. The molecule has 0 aromatic carbocycles. The Kier molecular flexibility index (Phi) is 4.06. The number of hydrogen-bond donors (Lipinski definition) is 4. The van der Waals surface area contributed by atoms with Crippen molar-refractivity contribution in [3.8, 4) is 0 Å². The summed E-state index contributed by atoms with van der Waals surface area (Å²) in [5.74, 6) is -0.311. The molecule has 2 aromatic heterocycles. The summed E-state index contributed by atoms with van der Waals surface area (Å²) in [5.41, 5.74) is 0.0444. The van der Waals surface area contributed by atoms with Gasteiger partial charge in [-0.05, 0) is 0 Å². The highest BCUT2D eigenvalue weighted by molar-refractivity contribution is 7.50. The first-order valence-corrected chi connectivity index (χ1v) is 7.96. The maximum Gasteiger partial charge on any atom is 0.167 e. The number of nitrogens with zero attached hydrogens (tertiary/aromatic N) is 4. The van der Waals surface area contributed by atoms with Crippen LogP contribution >= 0.6 is 7.75 Å². The van der Waals surface area contributed by atoms with Gasteiger partial charge in [0.1, 0.15) is 24.6 Å². The average molecular weight is 345 g/mol. The summed E-state index contributed by atoms with van der Waals surface area (Å²) in [4.78, 5) is 33.1. The Bertz CT molecular complexity index is 763. The van der Waals surface area contributed by atoms with Gasteiger partial charge in [0.15, 0.2) is 23.2 Å². The number of anilines is 1. The summed E-state index contributed by atoms with van der Waals surface area (Å²) in [7, 11) is -5.09. The number of hydrogen-bond acceptors (Lipinski definition) is 10. The smallest absolute Gasteiger partial charge is 0.167 e.